The molecule has 2 unspecified atom stereocenters. The first-order valence-corrected chi connectivity index (χ1v) is 10.1. The molecule has 0 aromatic carbocycles. The molecule has 1 amide bonds. The third-order valence-corrected chi connectivity index (χ3v) is 6.25. The first kappa shape index (κ1) is 19.2. The van der Waals surface area contributed by atoms with Crippen molar-refractivity contribution >= 4 is 5.91 Å². The van der Waals surface area contributed by atoms with Crippen LogP contribution in [0.5, 0.6) is 0 Å². The van der Waals surface area contributed by atoms with Gasteiger partial charge < -0.3 is 18.6 Å². The van der Waals surface area contributed by atoms with Gasteiger partial charge in [-0.2, -0.15) is 0 Å². The number of amides is 1. The standard InChI is InChI=1S/C21H30N4O3/c1-16(2)25-13-19(22-15-25)18-12-23(11-17-5-4-9-28-17)14-21(18)6-7-24(20(21)26)8-10-27-3/h4-5,9,13,15-16,18H,6-8,10-12,14H2,1-3H3. The molecule has 4 rings (SSSR count). The number of carbonyl (C=O) groups excluding carboxylic acids is 1. The second kappa shape index (κ2) is 7.72. The van der Waals surface area contributed by atoms with E-state index in [4.69, 9.17) is 14.1 Å². The Balaban J connectivity index is 1.61. The number of hydrogen-bond acceptors (Lipinski definition) is 5. The van der Waals surface area contributed by atoms with E-state index < -0.39 is 5.41 Å². The summed E-state index contributed by atoms with van der Waals surface area (Å²) in [6.07, 6.45) is 6.59. The molecule has 7 nitrogen and oxygen atoms in total. The molecule has 2 aliphatic heterocycles. The van der Waals surface area contributed by atoms with Gasteiger partial charge in [-0.25, -0.2) is 4.98 Å². The molecule has 2 atom stereocenters. The average molecular weight is 386 g/mol. The van der Waals surface area contributed by atoms with Crippen LogP contribution in [0.4, 0.5) is 0 Å². The number of ether oxygens (including phenoxy) is 1. The highest BCUT2D eigenvalue weighted by Crippen LogP contribution is 2.49. The Morgan fingerprint density at radius 3 is 2.96 bits per heavy atom. The highest BCUT2D eigenvalue weighted by molar-refractivity contribution is 5.86. The van der Waals surface area contributed by atoms with Gasteiger partial charge in [0, 0.05) is 51.4 Å². The number of aromatic nitrogens is 2. The van der Waals surface area contributed by atoms with E-state index in [9.17, 15) is 4.79 Å². The van der Waals surface area contributed by atoms with Crippen LogP contribution >= 0.6 is 0 Å². The Kier molecular flexibility index (Phi) is 5.29. The van der Waals surface area contributed by atoms with Gasteiger partial charge in [-0.1, -0.05) is 0 Å². The molecule has 0 N–H and O–H groups in total. The van der Waals surface area contributed by atoms with Gasteiger partial charge in [0.1, 0.15) is 5.76 Å². The van der Waals surface area contributed by atoms with Gasteiger partial charge in [-0.05, 0) is 32.4 Å². The summed E-state index contributed by atoms with van der Waals surface area (Å²) >= 11 is 0. The van der Waals surface area contributed by atoms with Crippen molar-refractivity contribution < 1.29 is 13.9 Å². The zero-order valence-electron chi connectivity index (χ0n) is 17.0. The SMILES string of the molecule is COCCN1CCC2(CN(Cc3ccco3)CC2c2cn(C(C)C)cn2)C1=O. The summed E-state index contributed by atoms with van der Waals surface area (Å²) in [7, 11) is 1.68. The maximum Gasteiger partial charge on any atom is 0.230 e. The van der Waals surface area contributed by atoms with Crippen molar-refractivity contribution in [2.75, 3.05) is 39.9 Å². The second-order valence-corrected chi connectivity index (χ2v) is 8.33. The smallest absolute Gasteiger partial charge is 0.230 e. The summed E-state index contributed by atoms with van der Waals surface area (Å²) in [5.41, 5.74) is 0.619. The van der Waals surface area contributed by atoms with Crippen molar-refractivity contribution in [3.63, 3.8) is 0 Å². The molecular formula is C21H30N4O3. The maximum absolute atomic E-state index is 13.5. The van der Waals surface area contributed by atoms with E-state index in [0.717, 1.165) is 44.1 Å². The van der Waals surface area contributed by atoms with Crippen LogP contribution in [-0.4, -0.2) is 65.2 Å². The monoisotopic (exact) mass is 386 g/mol. The van der Waals surface area contributed by atoms with E-state index in [-0.39, 0.29) is 11.8 Å². The van der Waals surface area contributed by atoms with Gasteiger partial charge in [0.05, 0.1) is 36.9 Å². The molecule has 2 aliphatic rings. The fraction of sp³-hybridized carbons (Fsp3) is 0.619. The third kappa shape index (κ3) is 3.37. The quantitative estimate of drug-likeness (QED) is 0.732. The predicted octanol–water partition coefficient (Wildman–Crippen LogP) is 2.52. The van der Waals surface area contributed by atoms with Crippen molar-refractivity contribution in [3.8, 4) is 0 Å². The van der Waals surface area contributed by atoms with Crippen molar-refractivity contribution in [2.24, 2.45) is 5.41 Å². The molecule has 1 spiro atoms. The molecule has 28 heavy (non-hydrogen) atoms. The Bertz CT molecular complexity index is 800. The number of imidazole rings is 1. The third-order valence-electron chi connectivity index (χ3n) is 6.25. The lowest BCUT2D eigenvalue weighted by Crippen LogP contribution is -2.40. The van der Waals surface area contributed by atoms with E-state index in [1.54, 1.807) is 13.4 Å². The van der Waals surface area contributed by atoms with Crippen molar-refractivity contribution in [1.29, 1.82) is 0 Å². The number of likely N-dealkylation sites (tertiary alicyclic amines) is 2. The Hall–Kier alpha value is -2.12. The minimum absolute atomic E-state index is 0.0995. The molecular weight excluding hydrogens is 356 g/mol. The molecule has 2 aromatic heterocycles. The number of hydrogen-bond donors (Lipinski definition) is 0. The molecule has 0 aliphatic carbocycles. The molecule has 4 heterocycles. The van der Waals surface area contributed by atoms with Gasteiger partial charge in [0.15, 0.2) is 0 Å². The number of carbonyl (C=O) groups is 1. The summed E-state index contributed by atoms with van der Waals surface area (Å²) in [6.45, 7) is 8.60. The van der Waals surface area contributed by atoms with Gasteiger partial charge in [0.2, 0.25) is 5.91 Å². The number of furan rings is 1. The predicted molar refractivity (Wildman–Crippen MR) is 105 cm³/mol. The van der Waals surface area contributed by atoms with E-state index in [1.807, 2.05) is 23.4 Å². The average Bonchev–Trinajstić information content (AvgIpc) is 3.44. The van der Waals surface area contributed by atoms with E-state index in [2.05, 4.69) is 29.5 Å². The molecule has 0 radical (unpaired) electrons. The van der Waals surface area contributed by atoms with Gasteiger partial charge in [-0.3, -0.25) is 9.69 Å². The Morgan fingerprint density at radius 1 is 1.43 bits per heavy atom. The highest BCUT2D eigenvalue weighted by atomic mass is 16.5. The molecule has 2 saturated heterocycles. The largest absolute Gasteiger partial charge is 0.468 e. The summed E-state index contributed by atoms with van der Waals surface area (Å²) < 4.78 is 12.9. The topological polar surface area (TPSA) is 63.7 Å². The second-order valence-electron chi connectivity index (χ2n) is 8.33. The van der Waals surface area contributed by atoms with Crippen LogP contribution in [0, 0.1) is 5.41 Å². The minimum Gasteiger partial charge on any atom is -0.468 e. The Labute approximate surface area is 166 Å². The van der Waals surface area contributed by atoms with E-state index in [1.165, 1.54) is 0 Å². The van der Waals surface area contributed by atoms with Crippen LogP contribution < -0.4 is 0 Å². The lowest BCUT2D eigenvalue weighted by atomic mass is 9.75. The van der Waals surface area contributed by atoms with E-state index in [0.29, 0.717) is 19.2 Å². The zero-order valence-corrected chi connectivity index (χ0v) is 17.0. The molecule has 7 heteroatoms. The lowest BCUT2D eigenvalue weighted by Gasteiger charge is -2.28. The summed E-state index contributed by atoms with van der Waals surface area (Å²) in [5.74, 6) is 1.28. The molecule has 2 aromatic rings. The fourth-order valence-corrected chi connectivity index (χ4v) is 4.68. The number of methoxy groups -OCH3 is 1. The van der Waals surface area contributed by atoms with Crippen LogP contribution in [-0.2, 0) is 16.1 Å². The maximum atomic E-state index is 13.5. The van der Waals surface area contributed by atoms with Crippen LogP contribution in [0.15, 0.2) is 35.3 Å². The zero-order chi connectivity index (χ0) is 19.7. The van der Waals surface area contributed by atoms with Crippen molar-refractivity contribution in [1.82, 2.24) is 19.4 Å². The molecule has 152 valence electrons. The van der Waals surface area contributed by atoms with Gasteiger partial charge in [0.25, 0.3) is 0 Å². The van der Waals surface area contributed by atoms with Crippen molar-refractivity contribution in [3.05, 3.63) is 42.4 Å². The summed E-state index contributed by atoms with van der Waals surface area (Å²) in [6, 6.07) is 4.26. The van der Waals surface area contributed by atoms with E-state index >= 15 is 0 Å². The van der Waals surface area contributed by atoms with Crippen LogP contribution in [0.25, 0.3) is 0 Å². The number of nitrogens with zero attached hydrogens (tertiary/aromatic N) is 4. The van der Waals surface area contributed by atoms with Gasteiger partial charge in [-0.15, -0.1) is 0 Å². The minimum atomic E-state index is -0.406. The lowest BCUT2D eigenvalue weighted by molar-refractivity contribution is -0.136. The first-order valence-electron chi connectivity index (χ1n) is 10.1. The first-order chi connectivity index (χ1) is 13.5. The highest BCUT2D eigenvalue weighted by Gasteiger charge is 2.57. The summed E-state index contributed by atoms with van der Waals surface area (Å²) in [5, 5.41) is 0. The van der Waals surface area contributed by atoms with Crippen LogP contribution in [0.2, 0.25) is 0 Å². The van der Waals surface area contributed by atoms with Gasteiger partial charge >= 0.3 is 0 Å². The Morgan fingerprint density at radius 2 is 2.29 bits per heavy atom. The van der Waals surface area contributed by atoms with Crippen molar-refractivity contribution in [2.45, 2.75) is 38.8 Å². The summed E-state index contributed by atoms with van der Waals surface area (Å²) in [4.78, 5) is 22.5. The molecule has 0 saturated carbocycles. The fourth-order valence-electron chi connectivity index (χ4n) is 4.68. The molecule has 0 bridgehead atoms. The van der Waals surface area contributed by atoms with Crippen LogP contribution in [0.1, 0.15) is 43.7 Å². The van der Waals surface area contributed by atoms with Crippen LogP contribution in [0.3, 0.4) is 0 Å². The number of rotatable bonds is 7. The normalized spacial score (nSPS) is 25.6. The molecule has 2 fully saturated rings.